The van der Waals surface area contributed by atoms with E-state index in [4.69, 9.17) is 12.2 Å². The van der Waals surface area contributed by atoms with Crippen molar-refractivity contribution in [3.8, 4) is 0 Å². The summed E-state index contributed by atoms with van der Waals surface area (Å²) in [5.74, 6) is -1.88. The van der Waals surface area contributed by atoms with E-state index in [9.17, 15) is 18.8 Å². The Balaban J connectivity index is 1.56. The van der Waals surface area contributed by atoms with Crippen molar-refractivity contribution in [2.75, 3.05) is 4.90 Å². The number of amides is 3. The predicted octanol–water partition coefficient (Wildman–Crippen LogP) is 4.31. The Morgan fingerprint density at radius 3 is 2.45 bits per heavy atom. The number of carbonyl (C=O) groups is 3. The number of halogens is 1. The average molecular weight is 453 g/mol. The summed E-state index contributed by atoms with van der Waals surface area (Å²) in [5, 5.41) is 0. The molecule has 2 fully saturated rings. The van der Waals surface area contributed by atoms with Gasteiger partial charge in [-0.15, -0.1) is 0 Å². The zero-order chi connectivity index (χ0) is 22.1. The van der Waals surface area contributed by atoms with Crippen LogP contribution in [-0.2, 0) is 14.4 Å². The number of imide groups is 1. The standard InChI is InChI=1S/C23H17FN2O3S2/c1-14(11-15-5-3-2-4-6-15)12-19-22(29)26(23(30)31-19)18-13-20(27)25(21(18)28)17-9-7-16(24)8-10-17/h2-12,18H,13H2,1H3/b14-11+,19-12-. The van der Waals surface area contributed by atoms with E-state index in [1.165, 1.54) is 29.2 Å². The largest absolute Gasteiger partial charge is 0.280 e. The first-order chi connectivity index (χ1) is 14.8. The van der Waals surface area contributed by atoms with E-state index in [1.807, 2.05) is 43.3 Å². The van der Waals surface area contributed by atoms with Crippen LogP contribution in [0.4, 0.5) is 10.1 Å². The third kappa shape index (κ3) is 4.22. The van der Waals surface area contributed by atoms with Gasteiger partial charge in [-0.25, -0.2) is 9.29 Å². The molecule has 2 aliphatic heterocycles. The van der Waals surface area contributed by atoms with Crippen molar-refractivity contribution in [1.29, 1.82) is 0 Å². The Kier molecular flexibility index (Phi) is 5.84. The molecule has 2 saturated heterocycles. The molecule has 0 spiro atoms. The van der Waals surface area contributed by atoms with Crippen LogP contribution >= 0.6 is 24.0 Å². The summed E-state index contributed by atoms with van der Waals surface area (Å²) < 4.78 is 13.4. The molecule has 0 aliphatic carbocycles. The van der Waals surface area contributed by atoms with Crippen molar-refractivity contribution in [3.05, 3.63) is 82.5 Å². The second-order valence-electron chi connectivity index (χ2n) is 7.11. The summed E-state index contributed by atoms with van der Waals surface area (Å²) in [5.41, 5.74) is 2.12. The Hall–Kier alpha value is -3.10. The lowest BCUT2D eigenvalue weighted by molar-refractivity contribution is -0.130. The summed E-state index contributed by atoms with van der Waals surface area (Å²) in [7, 11) is 0. The van der Waals surface area contributed by atoms with Crippen LogP contribution in [0.25, 0.3) is 6.08 Å². The minimum atomic E-state index is -1.01. The molecule has 8 heteroatoms. The molecule has 2 aliphatic rings. The molecular weight excluding hydrogens is 435 g/mol. The fraction of sp³-hybridized carbons (Fsp3) is 0.130. The second-order valence-corrected chi connectivity index (χ2v) is 8.79. The predicted molar refractivity (Wildman–Crippen MR) is 123 cm³/mol. The zero-order valence-corrected chi connectivity index (χ0v) is 18.1. The number of carbonyl (C=O) groups excluding carboxylic acids is 3. The van der Waals surface area contributed by atoms with Gasteiger partial charge in [-0.05, 0) is 48.4 Å². The Bertz CT molecular complexity index is 1140. The fourth-order valence-corrected chi connectivity index (χ4v) is 4.89. The first kappa shape index (κ1) is 21.1. The highest BCUT2D eigenvalue weighted by Crippen LogP contribution is 2.37. The van der Waals surface area contributed by atoms with Crippen LogP contribution in [0.15, 0.2) is 71.2 Å². The smallest absolute Gasteiger partial charge is 0.266 e. The molecule has 1 unspecified atom stereocenters. The van der Waals surface area contributed by atoms with Crippen LogP contribution in [0, 0.1) is 5.82 Å². The Morgan fingerprint density at radius 2 is 1.77 bits per heavy atom. The lowest BCUT2D eigenvalue weighted by Crippen LogP contribution is -2.44. The summed E-state index contributed by atoms with van der Waals surface area (Å²) in [6.45, 7) is 1.88. The van der Waals surface area contributed by atoms with Crippen molar-refractivity contribution < 1.29 is 18.8 Å². The van der Waals surface area contributed by atoms with Gasteiger partial charge >= 0.3 is 0 Å². The summed E-state index contributed by atoms with van der Waals surface area (Å²) in [6.07, 6.45) is 3.49. The number of nitrogens with zero attached hydrogens (tertiary/aromatic N) is 2. The molecule has 0 saturated carbocycles. The molecule has 4 rings (SSSR count). The molecule has 2 aromatic rings. The molecule has 2 heterocycles. The van der Waals surface area contributed by atoms with Crippen molar-refractivity contribution in [3.63, 3.8) is 0 Å². The number of hydrogen-bond donors (Lipinski definition) is 0. The van der Waals surface area contributed by atoms with Gasteiger partial charge in [0.15, 0.2) is 0 Å². The van der Waals surface area contributed by atoms with E-state index < -0.39 is 29.6 Å². The van der Waals surface area contributed by atoms with Crippen molar-refractivity contribution in [1.82, 2.24) is 4.90 Å². The van der Waals surface area contributed by atoms with E-state index in [0.717, 1.165) is 27.8 Å². The maximum Gasteiger partial charge on any atom is 0.266 e. The summed E-state index contributed by atoms with van der Waals surface area (Å²) in [6, 6.07) is 13.7. The van der Waals surface area contributed by atoms with Gasteiger partial charge in [0, 0.05) is 0 Å². The number of thiocarbonyl (C=S) groups is 1. The molecule has 0 N–H and O–H groups in total. The average Bonchev–Trinajstić information content (AvgIpc) is 3.17. The van der Waals surface area contributed by atoms with E-state index in [2.05, 4.69) is 0 Å². The quantitative estimate of drug-likeness (QED) is 0.393. The Labute approximate surface area is 188 Å². The summed E-state index contributed by atoms with van der Waals surface area (Å²) in [4.78, 5) is 41.1. The zero-order valence-electron chi connectivity index (χ0n) is 16.4. The van der Waals surface area contributed by atoms with Crippen LogP contribution in [0.1, 0.15) is 18.9 Å². The molecule has 0 aromatic heterocycles. The topological polar surface area (TPSA) is 57.7 Å². The highest BCUT2D eigenvalue weighted by atomic mass is 32.2. The van der Waals surface area contributed by atoms with Gasteiger partial charge in [0.05, 0.1) is 17.0 Å². The minimum Gasteiger partial charge on any atom is -0.280 e. The molecule has 0 radical (unpaired) electrons. The monoisotopic (exact) mass is 452 g/mol. The van der Waals surface area contributed by atoms with Gasteiger partial charge in [0.1, 0.15) is 16.2 Å². The maximum absolute atomic E-state index is 13.2. The highest BCUT2D eigenvalue weighted by Gasteiger charge is 2.48. The van der Waals surface area contributed by atoms with Gasteiger partial charge in [-0.3, -0.25) is 19.3 Å². The third-order valence-corrected chi connectivity index (χ3v) is 6.23. The lowest BCUT2D eigenvalue weighted by Gasteiger charge is -2.21. The minimum absolute atomic E-state index is 0.172. The van der Waals surface area contributed by atoms with Crippen LogP contribution < -0.4 is 4.90 Å². The first-order valence-electron chi connectivity index (χ1n) is 9.48. The number of rotatable bonds is 4. The van der Waals surface area contributed by atoms with E-state index >= 15 is 0 Å². The van der Waals surface area contributed by atoms with E-state index in [-0.39, 0.29) is 16.4 Å². The molecule has 2 aromatic carbocycles. The second kappa shape index (κ2) is 8.56. The number of benzene rings is 2. The Morgan fingerprint density at radius 1 is 1.10 bits per heavy atom. The number of anilines is 1. The molecule has 0 bridgehead atoms. The first-order valence-corrected chi connectivity index (χ1v) is 10.7. The van der Waals surface area contributed by atoms with Crippen molar-refractivity contribution >= 4 is 57.8 Å². The molecule has 5 nitrogen and oxygen atoms in total. The third-order valence-electron chi connectivity index (χ3n) is 4.90. The molecule has 1 atom stereocenters. The normalized spacial score (nSPS) is 21.0. The molecular formula is C23H17FN2O3S2. The number of allylic oxidation sites excluding steroid dienone is 2. The lowest BCUT2D eigenvalue weighted by atomic mass is 10.1. The molecule has 156 valence electrons. The molecule has 31 heavy (non-hydrogen) atoms. The van der Waals surface area contributed by atoms with E-state index in [1.54, 1.807) is 6.08 Å². The van der Waals surface area contributed by atoms with Crippen molar-refractivity contribution in [2.45, 2.75) is 19.4 Å². The number of thioether (sulfide) groups is 1. The molecule has 3 amide bonds. The van der Waals surface area contributed by atoms with Gasteiger partial charge in [-0.2, -0.15) is 0 Å². The fourth-order valence-electron chi connectivity index (χ4n) is 3.49. The van der Waals surface area contributed by atoms with Gasteiger partial charge in [-0.1, -0.05) is 60.4 Å². The van der Waals surface area contributed by atoms with Crippen LogP contribution in [0.3, 0.4) is 0 Å². The maximum atomic E-state index is 13.2. The van der Waals surface area contributed by atoms with Crippen molar-refractivity contribution in [2.24, 2.45) is 0 Å². The van der Waals surface area contributed by atoms with Gasteiger partial charge < -0.3 is 0 Å². The van der Waals surface area contributed by atoms with Crippen LogP contribution in [-0.4, -0.2) is 33.0 Å². The van der Waals surface area contributed by atoms with Gasteiger partial charge in [0.2, 0.25) is 5.91 Å². The van der Waals surface area contributed by atoms with Crippen LogP contribution in [0.5, 0.6) is 0 Å². The summed E-state index contributed by atoms with van der Waals surface area (Å²) >= 11 is 6.46. The van der Waals surface area contributed by atoms with Crippen LogP contribution in [0.2, 0.25) is 0 Å². The highest BCUT2D eigenvalue weighted by molar-refractivity contribution is 8.26. The van der Waals surface area contributed by atoms with Gasteiger partial charge in [0.25, 0.3) is 11.8 Å². The van der Waals surface area contributed by atoms with E-state index in [0.29, 0.717) is 4.91 Å². The SMILES string of the molecule is CC(/C=C1\SC(=S)N(C2CC(=O)N(c3ccc(F)cc3)C2=O)C1=O)=C\c1ccccc1. The number of hydrogen-bond acceptors (Lipinski definition) is 5.